The molecule has 0 unspecified atom stereocenters. The zero-order chi connectivity index (χ0) is 15.7. The van der Waals surface area contributed by atoms with Crippen LogP contribution in [0.25, 0.3) is 0 Å². The molecule has 1 aromatic rings. The third-order valence-electron chi connectivity index (χ3n) is 3.86. The summed E-state index contributed by atoms with van der Waals surface area (Å²) < 4.78 is 61.3. The zero-order valence-electron chi connectivity index (χ0n) is 11.7. The van der Waals surface area contributed by atoms with Gasteiger partial charge < -0.3 is 5.32 Å². The molecule has 1 saturated carbocycles. The summed E-state index contributed by atoms with van der Waals surface area (Å²) in [5.74, 6) is 0.609. The first-order valence-corrected chi connectivity index (χ1v) is 8.37. The summed E-state index contributed by atoms with van der Waals surface area (Å²) in [6.45, 7) is 2.14. The van der Waals surface area contributed by atoms with E-state index in [-0.39, 0.29) is 11.7 Å². The molecule has 0 aromatic heterocycles. The normalized spacial score (nSPS) is 23.8. The zero-order valence-corrected chi connectivity index (χ0v) is 12.5. The number of hydrogen-bond donors (Lipinski definition) is 1. The molecule has 7 heteroatoms. The minimum Gasteiger partial charge on any atom is -0.381 e. The molecular weight excluding hydrogens is 303 g/mol. The highest BCUT2D eigenvalue weighted by Crippen LogP contribution is 2.35. The van der Waals surface area contributed by atoms with E-state index in [0.717, 1.165) is 31.7 Å². The van der Waals surface area contributed by atoms with E-state index in [2.05, 4.69) is 12.2 Å². The van der Waals surface area contributed by atoms with Crippen molar-refractivity contribution in [2.45, 2.75) is 49.1 Å². The highest BCUT2D eigenvalue weighted by atomic mass is 32.2. The molecule has 1 aromatic carbocycles. The van der Waals surface area contributed by atoms with Crippen LogP contribution >= 0.6 is 0 Å². The lowest BCUT2D eigenvalue weighted by molar-refractivity contribution is -0.0435. The van der Waals surface area contributed by atoms with Crippen LogP contribution in [-0.2, 0) is 9.84 Å². The van der Waals surface area contributed by atoms with Crippen LogP contribution in [0.4, 0.5) is 18.9 Å². The average Bonchev–Trinajstić information content (AvgIpc) is 2.40. The second-order valence-electron chi connectivity index (χ2n) is 5.55. The van der Waals surface area contributed by atoms with Crippen molar-refractivity contribution in [3.63, 3.8) is 0 Å². The molecular formula is C14H18F3NO2S. The molecule has 2 rings (SSSR count). The Balaban J connectivity index is 2.26. The van der Waals surface area contributed by atoms with Crippen LogP contribution in [0.5, 0.6) is 0 Å². The van der Waals surface area contributed by atoms with Crippen LogP contribution in [0.3, 0.4) is 0 Å². The third kappa shape index (κ3) is 3.51. The Morgan fingerprint density at radius 3 is 2.24 bits per heavy atom. The predicted molar refractivity (Wildman–Crippen MR) is 74.7 cm³/mol. The van der Waals surface area contributed by atoms with E-state index >= 15 is 0 Å². The van der Waals surface area contributed by atoms with Gasteiger partial charge in [0.25, 0.3) is 9.84 Å². The first-order chi connectivity index (χ1) is 9.72. The first-order valence-electron chi connectivity index (χ1n) is 6.88. The van der Waals surface area contributed by atoms with E-state index in [1.165, 1.54) is 18.2 Å². The lowest BCUT2D eigenvalue weighted by Crippen LogP contribution is -2.28. The molecule has 3 nitrogen and oxygen atoms in total. The predicted octanol–water partition coefficient (Wildman–Crippen LogP) is 3.97. The van der Waals surface area contributed by atoms with Crippen LogP contribution in [0.2, 0.25) is 0 Å². The molecule has 21 heavy (non-hydrogen) atoms. The molecule has 1 aliphatic carbocycles. The van der Waals surface area contributed by atoms with Gasteiger partial charge in [-0.05, 0) is 43.7 Å². The Morgan fingerprint density at radius 2 is 1.67 bits per heavy atom. The number of rotatable bonds is 3. The van der Waals surface area contributed by atoms with Crippen LogP contribution in [-0.4, -0.2) is 20.0 Å². The molecule has 0 atom stereocenters. The fourth-order valence-corrected chi connectivity index (χ4v) is 3.49. The van der Waals surface area contributed by atoms with Crippen molar-refractivity contribution in [1.82, 2.24) is 0 Å². The number of nitrogens with one attached hydrogen (secondary N) is 1. The van der Waals surface area contributed by atoms with Gasteiger partial charge in [-0.1, -0.05) is 19.1 Å². The topological polar surface area (TPSA) is 46.2 Å². The monoisotopic (exact) mass is 321 g/mol. The minimum absolute atomic E-state index is 0.0192. The van der Waals surface area contributed by atoms with Crippen LogP contribution in [0.1, 0.15) is 32.6 Å². The lowest BCUT2D eigenvalue weighted by Gasteiger charge is -2.28. The van der Waals surface area contributed by atoms with Crippen molar-refractivity contribution < 1.29 is 21.6 Å². The highest BCUT2D eigenvalue weighted by molar-refractivity contribution is 7.92. The maximum absolute atomic E-state index is 12.7. The van der Waals surface area contributed by atoms with Crippen LogP contribution < -0.4 is 5.32 Å². The van der Waals surface area contributed by atoms with E-state index in [9.17, 15) is 21.6 Å². The molecule has 1 N–H and O–H groups in total. The summed E-state index contributed by atoms with van der Waals surface area (Å²) in [6, 6.07) is 5.23. The molecule has 0 amide bonds. The molecule has 0 aliphatic heterocycles. The SMILES string of the molecule is CC1CCC(Nc2ccccc2S(=O)(=O)C(F)(F)F)CC1. The third-order valence-corrected chi connectivity index (χ3v) is 5.40. The minimum atomic E-state index is -5.33. The molecule has 0 bridgehead atoms. The van der Waals surface area contributed by atoms with Gasteiger partial charge >= 0.3 is 5.51 Å². The van der Waals surface area contributed by atoms with Crippen molar-refractivity contribution in [1.29, 1.82) is 0 Å². The molecule has 0 spiro atoms. The van der Waals surface area contributed by atoms with Gasteiger partial charge in [0.2, 0.25) is 0 Å². The average molecular weight is 321 g/mol. The Labute approximate surface area is 122 Å². The maximum Gasteiger partial charge on any atom is 0.501 e. The van der Waals surface area contributed by atoms with Gasteiger partial charge in [-0.2, -0.15) is 13.2 Å². The van der Waals surface area contributed by atoms with Gasteiger partial charge in [0.15, 0.2) is 0 Å². The number of hydrogen-bond acceptors (Lipinski definition) is 3. The van der Waals surface area contributed by atoms with E-state index in [1.807, 2.05) is 0 Å². The van der Waals surface area contributed by atoms with Crippen LogP contribution in [0, 0.1) is 5.92 Å². The smallest absolute Gasteiger partial charge is 0.381 e. The molecule has 1 fully saturated rings. The van der Waals surface area contributed by atoms with Gasteiger partial charge in [0, 0.05) is 6.04 Å². The van der Waals surface area contributed by atoms with E-state index in [0.29, 0.717) is 5.92 Å². The Kier molecular flexibility index (Phi) is 4.51. The number of halogens is 3. The number of sulfone groups is 1. The van der Waals surface area contributed by atoms with E-state index in [4.69, 9.17) is 0 Å². The fraction of sp³-hybridized carbons (Fsp3) is 0.571. The van der Waals surface area contributed by atoms with Crippen LogP contribution in [0.15, 0.2) is 29.2 Å². The molecule has 118 valence electrons. The Morgan fingerprint density at radius 1 is 1.10 bits per heavy atom. The second-order valence-corrected chi connectivity index (χ2v) is 7.46. The highest BCUT2D eigenvalue weighted by Gasteiger charge is 2.48. The number of benzene rings is 1. The molecule has 0 saturated heterocycles. The van der Waals surface area contributed by atoms with Crippen molar-refractivity contribution in [3.05, 3.63) is 24.3 Å². The van der Waals surface area contributed by atoms with Gasteiger partial charge in [-0.25, -0.2) is 8.42 Å². The summed E-state index contributed by atoms with van der Waals surface area (Å²) >= 11 is 0. The second kappa shape index (κ2) is 5.87. The summed E-state index contributed by atoms with van der Waals surface area (Å²) in [5, 5.41) is 2.97. The van der Waals surface area contributed by atoms with Crippen molar-refractivity contribution in [2.75, 3.05) is 5.32 Å². The lowest BCUT2D eigenvalue weighted by atomic mass is 9.87. The number of anilines is 1. The quantitative estimate of drug-likeness (QED) is 0.916. The van der Waals surface area contributed by atoms with Crippen molar-refractivity contribution >= 4 is 15.5 Å². The molecule has 0 heterocycles. The largest absolute Gasteiger partial charge is 0.501 e. The molecule has 0 radical (unpaired) electrons. The fourth-order valence-electron chi connectivity index (χ4n) is 2.57. The summed E-state index contributed by atoms with van der Waals surface area (Å²) in [5.41, 5.74) is -5.25. The van der Waals surface area contributed by atoms with E-state index in [1.54, 1.807) is 0 Å². The Bertz CT molecular complexity index is 590. The number of para-hydroxylation sites is 1. The van der Waals surface area contributed by atoms with Gasteiger partial charge in [-0.3, -0.25) is 0 Å². The van der Waals surface area contributed by atoms with E-state index < -0.39 is 20.2 Å². The summed E-state index contributed by atoms with van der Waals surface area (Å²) in [6.07, 6.45) is 3.65. The first kappa shape index (κ1) is 16.1. The van der Waals surface area contributed by atoms with Gasteiger partial charge in [0.05, 0.1) is 10.6 Å². The van der Waals surface area contributed by atoms with Gasteiger partial charge in [-0.15, -0.1) is 0 Å². The number of alkyl halides is 3. The molecule has 1 aliphatic rings. The van der Waals surface area contributed by atoms with Gasteiger partial charge in [0.1, 0.15) is 0 Å². The summed E-state index contributed by atoms with van der Waals surface area (Å²) in [7, 11) is -5.33. The standard InChI is InChI=1S/C14H18F3NO2S/c1-10-6-8-11(9-7-10)18-12-4-2-3-5-13(12)21(19,20)14(15,16)17/h2-5,10-11,18H,6-9H2,1H3. The summed E-state index contributed by atoms with van der Waals surface area (Å²) in [4.78, 5) is -0.698. The van der Waals surface area contributed by atoms with Crippen molar-refractivity contribution in [3.8, 4) is 0 Å². The van der Waals surface area contributed by atoms with Crippen molar-refractivity contribution in [2.24, 2.45) is 5.92 Å². The Hall–Kier alpha value is -1.24. The maximum atomic E-state index is 12.7.